The van der Waals surface area contributed by atoms with Gasteiger partial charge in [0.05, 0.1) is 0 Å². The molecular weight excluding hydrogens is 306 g/mol. The molecule has 3 heterocycles. The normalized spacial score (nSPS) is 21.4. The van der Waals surface area contributed by atoms with Crippen LogP contribution in [0.25, 0.3) is 0 Å². The van der Waals surface area contributed by atoms with Crippen LogP contribution in [0.15, 0.2) is 21.6 Å². The molecule has 2 aliphatic rings. The first kappa shape index (κ1) is 15.5. The second-order valence-corrected chi connectivity index (χ2v) is 7.86. The van der Waals surface area contributed by atoms with Gasteiger partial charge >= 0.3 is 0 Å². The van der Waals surface area contributed by atoms with Crippen molar-refractivity contribution in [3.05, 3.63) is 17.9 Å². The van der Waals surface area contributed by atoms with Gasteiger partial charge in [0.1, 0.15) is 0 Å². The van der Waals surface area contributed by atoms with Crippen molar-refractivity contribution in [1.82, 2.24) is 14.9 Å². The lowest BCUT2D eigenvalue weighted by Gasteiger charge is -2.38. The van der Waals surface area contributed by atoms with Gasteiger partial charge in [-0.1, -0.05) is 0 Å². The standard InChI is InChI=1S/C14H21N3O4S/c1-15-22(19,20)12-3-2-11(21-12)13(18)17-8-5-14(6-9-17)4-7-16-10-14/h2-3,15-16H,4-10H2,1H3. The molecule has 1 spiro atoms. The number of nitrogens with zero attached hydrogens (tertiary/aromatic N) is 1. The predicted molar refractivity (Wildman–Crippen MR) is 80.0 cm³/mol. The maximum atomic E-state index is 12.4. The number of nitrogens with one attached hydrogen (secondary N) is 2. The Bertz CT molecular complexity index is 651. The molecule has 0 aliphatic carbocycles. The van der Waals surface area contributed by atoms with Gasteiger partial charge < -0.3 is 14.6 Å². The van der Waals surface area contributed by atoms with Crippen LogP contribution in [0.3, 0.4) is 0 Å². The summed E-state index contributed by atoms with van der Waals surface area (Å²) in [5.41, 5.74) is 0.334. The molecule has 2 fully saturated rings. The minimum absolute atomic E-state index is 0.0781. The second-order valence-electron chi connectivity index (χ2n) is 6.05. The Kier molecular flexibility index (Phi) is 4.00. The summed E-state index contributed by atoms with van der Waals surface area (Å²) in [5, 5.41) is 3.16. The Labute approximate surface area is 130 Å². The van der Waals surface area contributed by atoms with E-state index in [1.54, 1.807) is 4.90 Å². The highest BCUT2D eigenvalue weighted by Gasteiger charge is 2.38. The van der Waals surface area contributed by atoms with Crippen LogP contribution in [-0.4, -0.2) is 52.5 Å². The van der Waals surface area contributed by atoms with Crippen molar-refractivity contribution < 1.29 is 17.6 Å². The fraction of sp³-hybridized carbons (Fsp3) is 0.643. The van der Waals surface area contributed by atoms with Crippen molar-refractivity contribution in [2.24, 2.45) is 5.41 Å². The van der Waals surface area contributed by atoms with Gasteiger partial charge in [0.15, 0.2) is 5.76 Å². The summed E-state index contributed by atoms with van der Waals surface area (Å²) in [5.74, 6) is -0.160. The van der Waals surface area contributed by atoms with E-state index in [-0.39, 0.29) is 16.8 Å². The van der Waals surface area contributed by atoms with Crippen molar-refractivity contribution in [1.29, 1.82) is 0 Å². The number of piperidine rings is 1. The molecule has 22 heavy (non-hydrogen) atoms. The SMILES string of the molecule is CNS(=O)(=O)c1ccc(C(=O)N2CCC3(CCNC3)CC2)o1. The first-order chi connectivity index (χ1) is 10.5. The fourth-order valence-corrected chi connectivity index (χ4v) is 3.89. The highest BCUT2D eigenvalue weighted by molar-refractivity contribution is 7.89. The van der Waals surface area contributed by atoms with Crippen LogP contribution in [0.4, 0.5) is 0 Å². The van der Waals surface area contributed by atoms with E-state index in [0.29, 0.717) is 18.5 Å². The van der Waals surface area contributed by atoms with Gasteiger partial charge in [-0.25, -0.2) is 13.1 Å². The highest BCUT2D eigenvalue weighted by Crippen LogP contribution is 2.37. The first-order valence-electron chi connectivity index (χ1n) is 7.49. The van der Waals surface area contributed by atoms with Gasteiger partial charge in [0.25, 0.3) is 15.9 Å². The van der Waals surface area contributed by atoms with Crippen molar-refractivity contribution in [2.45, 2.75) is 24.4 Å². The molecule has 0 atom stereocenters. The lowest BCUT2D eigenvalue weighted by Crippen LogP contribution is -2.43. The van der Waals surface area contributed by atoms with Crippen LogP contribution in [0, 0.1) is 5.41 Å². The van der Waals surface area contributed by atoms with Crippen LogP contribution in [0.1, 0.15) is 29.8 Å². The molecule has 0 saturated carbocycles. The number of rotatable bonds is 3. The first-order valence-corrected chi connectivity index (χ1v) is 8.98. The van der Waals surface area contributed by atoms with Crippen LogP contribution < -0.4 is 10.0 Å². The van der Waals surface area contributed by atoms with E-state index in [0.717, 1.165) is 25.9 Å². The summed E-state index contributed by atoms with van der Waals surface area (Å²) >= 11 is 0. The van der Waals surface area contributed by atoms with Crippen molar-refractivity contribution in [2.75, 3.05) is 33.2 Å². The maximum absolute atomic E-state index is 12.4. The number of carbonyl (C=O) groups excluding carboxylic acids is 1. The van der Waals surface area contributed by atoms with Gasteiger partial charge in [0.2, 0.25) is 5.09 Å². The minimum atomic E-state index is -3.66. The zero-order valence-electron chi connectivity index (χ0n) is 12.6. The van der Waals surface area contributed by atoms with Crippen molar-refractivity contribution >= 4 is 15.9 Å². The smallest absolute Gasteiger partial charge is 0.289 e. The zero-order valence-corrected chi connectivity index (χ0v) is 13.4. The average Bonchev–Trinajstić information content (AvgIpc) is 3.17. The number of hydrogen-bond donors (Lipinski definition) is 2. The number of hydrogen-bond acceptors (Lipinski definition) is 5. The van der Waals surface area contributed by atoms with Crippen LogP contribution >= 0.6 is 0 Å². The Balaban J connectivity index is 1.68. The third-order valence-electron chi connectivity index (χ3n) is 4.77. The van der Waals surface area contributed by atoms with Gasteiger partial charge in [-0.3, -0.25) is 4.79 Å². The summed E-state index contributed by atoms with van der Waals surface area (Å²) in [6, 6.07) is 2.74. The fourth-order valence-electron chi connectivity index (χ4n) is 3.24. The Hall–Kier alpha value is -1.38. The molecule has 0 radical (unpaired) electrons. The molecule has 8 heteroatoms. The summed E-state index contributed by atoms with van der Waals surface area (Å²) in [4.78, 5) is 14.2. The monoisotopic (exact) mass is 327 g/mol. The Morgan fingerprint density at radius 2 is 2.05 bits per heavy atom. The molecule has 122 valence electrons. The van der Waals surface area contributed by atoms with E-state index in [4.69, 9.17) is 4.42 Å². The lowest BCUT2D eigenvalue weighted by atomic mass is 9.78. The molecule has 2 aliphatic heterocycles. The summed E-state index contributed by atoms with van der Waals surface area (Å²) in [6.07, 6.45) is 3.13. The molecule has 0 aromatic carbocycles. The third kappa shape index (κ3) is 2.78. The van der Waals surface area contributed by atoms with Crippen molar-refractivity contribution in [3.8, 4) is 0 Å². The number of likely N-dealkylation sites (tertiary alicyclic amines) is 1. The summed E-state index contributed by atoms with van der Waals surface area (Å²) in [7, 11) is -2.35. The second kappa shape index (κ2) is 5.68. The molecule has 2 saturated heterocycles. The number of amides is 1. The summed E-state index contributed by atoms with van der Waals surface area (Å²) in [6.45, 7) is 3.46. The molecule has 2 N–H and O–H groups in total. The van der Waals surface area contributed by atoms with Crippen LogP contribution in [-0.2, 0) is 10.0 Å². The quantitative estimate of drug-likeness (QED) is 0.839. The van der Waals surface area contributed by atoms with E-state index in [1.807, 2.05) is 0 Å². The minimum Gasteiger partial charge on any atom is -0.438 e. The zero-order chi connectivity index (χ0) is 15.8. The molecule has 1 aromatic rings. The van der Waals surface area contributed by atoms with Crippen molar-refractivity contribution in [3.63, 3.8) is 0 Å². The van der Waals surface area contributed by atoms with E-state index in [2.05, 4.69) is 10.0 Å². The van der Waals surface area contributed by atoms with Crippen LogP contribution in [0.5, 0.6) is 0 Å². The lowest BCUT2D eigenvalue weighted by molar-refractivity contribution is 0.0572. The van der Waals surface area contributed by atoms with E-state index in [1.165, 1.54) is 25.6 Å². The predicted octanol–water partition coefficient (Wildman–Crippen LogP) is 0.403. The summed E-state index contributed by atoms with van der Waals surface area (Å²) < 4.78 is 30.7. The van der Waals surface area contributed by atoms with Gasteiger partial charge in [-0.05, 0) is 50.4 Å². The van der Waals surface area contributed by atoms with E-state index < -0.39 is 10.0 Å². The highest BCUT2D eigenvalue weighted by atomic mass is 32.2. The van der Waals surface area contributed by atoms with E-state index >= 15 is 0 Å². The molecule has 7 nitrogen and oxygen atoms in total. The Morgan fingerprint density at radius 3 is 2.64 bits per heavy atom. The topological polar surface area (TPSA) is 91.7 Å². The molecule has 0 unspecified atom stereocenters. The van der Waals surface area contributed by atoms with Gasteiger partial charge in [0, 0.05) is 19.6 Å². The molecular formula is C14H21N3O4S. The largest absolute Gasteiger partial charge is 0.438 e. The maximum Gasteiger partial charge on any atom is 0.289 e. The molecule has 3 rings (SSSR count). The molecule has 1 amide bonds. The van der Waals surface area contributed by atoms with Crippen LogP contribution in [0.2, 0.25) is 0 Å². The average molecular weight is 327 g/mol. The third-order valence-corrected chi connectivity index (χ3v) is 6.06. The van der Waals surface area contributed by atoms with E-state index in [9.17, 15) is 13.2 Å². The van der Waals surface area contributed by atoms with Gasteiger partial charge in [-0.2, -0.15) is 0 Å². The number of carbonyl (C=O) groups is 1. The van der Waals surface area contributed by atoms with Gasteiger partial charge in [-0.15, -0.1) is 0 Å². The Morgan fingerprint density at radius 1 is 1.32 bits per heavy atom. The molecule has 0 bridgehead atoms. The number of furan rings is 1. The molecule has 1 aromatic heterocycles. The number of sulfonamides is 1.